The Hall–Kier alpha value is -2.18. The summed E-state index contributed by atoms with van der Waals surface area (Å²) in [6, 6.07) is 0. The summed E-state index contributed by atoms with van der Waals surface area (Å²) in [6.07, 6.45) is 1.40. The number of esters is 2. The summed E-state index contributed by atoms with van der Waals surface area (Å²) in [5.74, 6) is -1.58. The number of fused-ring (bicyclic) bond motifs is 1. The van der Waals surface area contributed by atoms with Gasteiger partial charge < -0.3 is 9.47 Å². The largest absolute Gasteiger partial charge is 0.458 e. The first kappa shape index (κ1) is 19.1. The Bertz CT molecular complexity index is 644. The van der Waals surface area contributed by atoms with Gasteiger partial charge in [-0.1, -0.05) is 25.3 Å². The molecule has 0 aromatic heterocycles. The molecule has 1 saturated heterocycles. The van der Waals surface area contributed by atoms with Crippen LogP contribution in [0.5, 0.6) is 0 Å². The number of ether oxygens (including phenoxy) is 2. The van der Waals surface area contributed by atoms with Crippen LogP contribution in [0.15, 0.2) is 48.1 Å². The minimum atomic E-state index is -0.687. The average Bonchev–Trinajstić information content (AvgIpc) is 2.80. The summed E-state index contributed by atoms with van der Waals surface area (Å²) in [7, 11) is 0. The van der Waals surface area contributed by atoms with E-state index in [9.17, 15) is 9.59 Å². The number of carbonyl (C=O) groups is 2. The van der Waals surface area contributed by atoms with E-state index in [1.807, 2.05) is 6.92 Å². The number of rotatable bonds is 3. The molecular weight excluding hydrogens is 324 g/mol. The fraction of sp³-hybridized carbons (Fsp3) is 0.474. The van der Waals surface area contributed by atoms with Gasteiger partial charge in [-0.2, -0.15) is 0 Å². The zero-order chi connectivity index (χ0) is 18.7. The van der Waals surface area contributed by atoms with E-state index in [1.165, 1.54) is 0 Å². The van der Waals surface area contributed by atoms with Crippen LogP contribution in [-0.2, 0) is 24.0 Å². The van der Waals surface area contributed by atoms with Crippen molar-refractivity contribution in [2.45, 2.75) is 51.4 Å². The molecule has 136 valence electrons. The third-order valence-electron chi connectivity index (χ3n) is 4.56. The fourth-order valence-corrected chi connectivity index (χ4v) is 3.10. The zero-order valence-electron chi connectivity index (χ0n) is 14.6. The van der Waals surface area contributed by atoms with Crippen molar-refractivity contribution in [2.75, 3.05) is 0 Å². The quantitative estimate of drug-likeness (QED) is 0.277. The first-order valence-electron chi connectivity index (χ1n) is 8.16. The summed E-state index contributed by atoms with van der Waals surface area (Å²) >= 11 is 0. The maximum atomic E-state index is 12.0. The van der Waals surface area contributed by atoms with E-state index in [1.54, 1.807) is 13.0 Å². The molecular formula is C19H24O6. The van der Waals surface area contributed by atoms with Gasteiger partial charge >= 0.3 is 11.9 Å². The lowest BCUT2D eigenvalue weighted by atomic mass is 9.84. The van der Waals surface area contributed by atoms with Crippen LogP contribution in [0.3, 0.4) is 0 Å². The molecule has 0 unspecified atom stereocenters. The molecule has 25 heavy (non-hydrogen) atoms. The first-order chi connectivity index (χ1) is 11.7. The van der Waals surface area contributed by atoms with Crippen molar-refractivity contribution in [3.63, 3.8) is 0 Å². The molecule has 0 bridgehead atoms. The molecule has 0 aromatic carbocycles. The van der Waals surface area contributed by atoms with Crippen molar-refractivity contribution >= 4 is 11.9 Å². The van der Waals surface area contributed by atoms with Crippen molar-refractivity contribution in [1.29, 1.82) is 0 Å². The third-order valence-corrected chi connectivity index (χ3v) is 4.56. The molecule has 1 fully saturated rings. The summed E-state index contributed by atoms with van der Waals surface area (Å²) < 4.78 is 11.0. The van der Waals surface area contributed by atoms with E-state index < -0.39 is 36.2 Å². The molecule has 0 aromatic rings. The minimum Gasteiger partial charge on any atom is -0.458 e. The maximum absolute atomic E-state index is 12.0. The highest BCUT2D eigenvalue weighted by atomic mass is 17.1. The zero-order valence-corrected chi connectivity index (χ0v) is 14.6. The van der Waals surface area contributed by atoms with Crippen LogP contribution in [0.1, 0.15) is 33.1 Å². The molecule has 6 heteroatoms. The van der Waals surface area contributed by atoms with Crippen LogP contribution >= 0.6 is 0 Å². The van der Waals surface area contributed by atoms with Gasteiger partial charge in [-0.3, -0.25) is 5.26 Å². The second-order valence-electron chi connectivity index (χ2n) is 6.65. The molecule has 0 amide bonds. The van der Waals surface area contributed by atoms with Gasteiger partial charge in [-0.15, -0.1) is 0 Å². The predicted octanol–water partition coefficient (Wildman–Crippen LogP) is 3.12. The van der Waals surface area contributed by atoms with Crippen LogP contribution in [0, 0.1) is 5.92 Å². The minimum absolute atomic E-state index is 0.253. The third kappa shape index (κ3) is 4.27. The van der Waals surface area contributed by atoms with Gasteiger partial charge in [0.1, 0.15) is 18.3 Å². The van der Waals surface area contributed by atoms with Gasteiger partial charge in [0.15, 0.2) is 0 Å². The number of carbonyl (C=O) groups excluding carboxylic acids is 2. The highest BCUT2D eigenvalue weighted by molar-refractivity contribution is 5.91. The number of hydrogen-bond donors (Lipinski definition) is 1. The van der Waals surface area contributed by atoms with E-state index in [-0.39, 0.29) is 17.6 Å². The van der Waals surface area contributed by atoms with Gasteiger partial charge in [-0.25, -0.2) is 14.5 Å². The van der Waals surface area contributed by atoms with E-state index >= 15 is 0 Å². The van der Waals surface area contributed by atoms with E-state index in [0.29, 0.717) is 18.4 Å². The Morgan fingerprint density at radius 3 is 2.68 bits per heavy atom. The Morgan fingerprint density at radius 2 is 2.08 bits per heavy atom. The lowest BCUT2D eigenvalue weighted by Gasteiger charge is -2.28. The van der Waals surface area contributed by atoms with Crippen molar-refractivity contribution in [2.24, 2.45) is 5.92 Å². The number of allylic oxidation sites excluding steroid dienone is 1. The summed E-state index contributed by atoms with van der Waals surface area (Å²) in [5, 5.41) is 9.12. The van der Waals surface area contributed by atoms with Crippen molar-refractivity contribution in [3.05, 3.63) is 48.1 Å². The van der Waals surface area contributed by atoms with E-state index in [0.717, 1.165) is 5.57 Å². The molecule has 0 spiro atoms. The summed E-state index contributed by atoms with van der Waals surface area (Å²) in [6.45, 7) is 14.8. The predicted molar refractivity (Wildman–Crippen MR) is 91.5 cm³/mol. The van der Waals surface area contributed by atoms with Crippen LogP contribution in [-0.4, -0.2) is 35.5 Å². The van der Waals surface area contributed by atoms with Gasteiger partial charge in [0, 0.05) is 17.6 Å². The van der Waals surface area contributed by atoms with E-state index in [2.05, 4.69) is 24.6 Å². The Morgan fingerprint density at radius 1 is 1.40 bits per heavy atom. The van der Waals surface area contributed by atoms with Crippen molar-refractivity contribution in [3.8, 4) is 0 Å². The van der Waals surface area contributed by atoms with Crippen molar-refractivity contribution < 1.29 is 29.2 Å². The average molecular weight is 348 g/mol. The lowest BCUT2D eigenvalue weighted by molar-refractivity contribution is -0.270. The second kappa shape index (κ2) is 7.80. The SMILES string of the molecule is C=C(C)C(=O)O[C@@H]1/C=C(\C)CC[C@@H](OO)C(=C)C[C@@H]2OC(=O)C(=C)[C@H]21. The smallest absolute Gasteiger partial charge is 0.334 e. The molecule has 6 nitrogen and oxygen atoms in total. The fourth-order valence-electron chi connectivity index (χ4n) is 3.10. The monoisotopic (exact) mass is 348 g/mol. The Balaban J connectivity index is 2.41. The molecule has 2 rings (SSSR count). The molecule has 0 saturated carbocycles. The first-order valence-corrected chi connectivity index (χ1v) is 8.16. The Kier molecular flexibility index (Phi) is 5.98. The van der Waals surface area contributed by atoms with Crippen LogP contribution < -0.4 is 0 Å². The summed E-state index contributed by atoms with van der Waals surface area (Å²) in [5.41, 5.74) is 2.07. The molecule has 1 N–H and O–H groups in total. The van der Waals surface area contributed by atoms with E-state index in [4.69, 9.17) is 14.7 Å². The molecule has 4 atom stereocenters. The normalized spacial score (nSPS) is 32.3. The molecule has 1 aliphatic heterocycles. The van der Waals surface area contributed by atoms with Gasteiger partial charge in [-0.05, 0) is 38.3 Å². The topological polar surface area (TPSA) is 82.1 Å². The summed E-state index contributed by atoms with van der Waals surface area (Å²) in [4.78, 5) is 28.6. The standard InChI is InChI=1S/C19H24O6/c1-10(2)18(20)23-15-8-11(3)6-7-14(25-22)12(4)9-16-17(15)13(5)19(21)24-16/h8,14-17,22H,1,4-7,9H2,2-3H3/b11-8+/t14-,15-,16+,17+/m1/s1. The second-order valence-corrected chi connectivity index (χ2v) is 6.65. The lowest BCUT2D eigenvalue weighted by Crippen LogP contribution is -2.34. The maximum Gasteiger partial charge on any atom is 0.334 e. The van der Waals surface area contributed by atoms with Gasteiger partial charge in [0.05, 0.1) is 5.92 Å². The highest BCUT2D eigenvalue weighted by Crippen LogP contribution is 2.37. The molecule has 1 aliphatic carbocycles. The number of hydrogen-bond acceptors (Lipinski definition) is 6. The molecule has 1 heterocycles. The Labute approximate surface area is 147 Å². The highest BCUT2D eigenvalue weighted by Gasteiger charge is 2.45. The van der Waals surface area contributed by atoms with Crippen molar-refractivity contribution in [1.82, 2.24) is 0 Å². The van der Waals surface area contributed by atoms with Gasteiger partial charge in [0.25, 0.3) is 0 Å². The van der Waals surface area contributed by atoms with Crippen LogP contribution in [0.2, 0.25) is 0 Å². The van der Waals surface area contributed by atoms with Gasteiger partial charge in [0.2, 0.25) is 0 Å². The van der Waals surface area contributed by atoms with Crippen LogP contribution in [0.25, 0.3) is 0 Å². The molecule has 0 radical (unpaired) electrons. The molecule has 2 aliphatic rings. The van der Waals surface area contributed by atoms with Crippen LogP contribution in [0.4, 0.5) is 0 Å².